The van der Waals surface area contributed by atoms with Crippen molar-refractivity contribution in [3.05, 3.63) is 35.9 Å². The molecule has 2 aromatic rings. The van der Waals surface area contributed by atoms with Crippen LogP contribution in [-0.4, -0.2) is 14.9 Å². The van der Waals surface area contributed by atoms with Crippen molar-refractivity contribution < 1.29 is 5.11 Å². The van der Waals surface area contributed by atoms with Crippen LogP contribution in [0.3, 0.4) is 0 Å². The minimum Gasteiger partial charge on any atom is -0.493 e. The molecule has 0 amide bonds. The molecule has 2 rings (SSSR count). The highest BCUT2D eigenvalue weighted by molar-refractivity contribution is 5.60. The van der Waals surface area contributed by atoms with Crippen LogP contribution in [0.5, 0.6) is 5.88 Å². The summed E-state index contributed by atoms with van der Waals surface area (Å²) in [7, 11) is 0. The van der Waals surface area contributed by atoms with Crippen LogP contribution in [0.4, 0.5) is 0 Å². The predicted molar refractivity (Wildman–Crippen MR) is 59.7 cm³/mol. The standard InChI is InChI=1S/C12H14N2O/c1-3-14-12(15)8-11(13-14)10-6-4-9(2)5-7-10/h4-8,15H,3H2,1-2H3. The van der Waals surface area contributed by atoms with Gasteiger partial charge in [-0.25, -0.2) is 4.68 Å². The summed E-state index contributed by atoms with van der Waals surface area (Å²) in [5, 5.41) is 13.8. The zero-order valence-corrected chi connectivity index (χ0v) is 8.94. The molecule has 0 saturated carbocycles. The summed E-state index contributed by atoms with van der Waals surface area (Å²) >= 11 is 0. The lowest BCUT2D eigenvalue weighted by Crippen LogP contribution is -1.95. The first-order chi connectivity index (χ1) is 7.20. The normalized spacial score (nSPS) is 10.5. The molecule has 0 aliphatic carbocycles. The van der Waals surface area contributed by atoms with Gasteiger partial charge in [-0.2, -0.15) is 5.10 Å². The average Bonchev–Trinajstić information content (AvgIpc) is 2.61. The summed E-state index contributed by atoms with van der Waals surface area (Å²) in [6.07, 6.45) is 0. The van der Waals surface area contributed by atoms with Crippen LogP contribution in [0.2, 0.25) is 0 Å². The highest BCUT2D eigenvalue weighted by Crippen LogP contribution is 2.22. The van der Waals surface area contributed by atoms with Crippen LogP contribution >= 0.6 is 0 Å². The molecule has 15 heavy (non-hydrogen) atoms. The fraction of sp³-hybridized carbons (Fsp3) is 0.250. The molecule has 0 saturated heterocycles. The molecule has 0 spiro atoms. The number of aromatic hydroxyl groups is 1. The van der Waals surface area contributed by atoms with Gasteiger partial charge in [0.15, 0.2) is 0 Å². The molecule has 0 aliphatic heterocycles. The van der Waals surface area contributed by atoms with E-state index in [1.807, 2.05) is 38.1 Å². The van der Waals surface area contributed by atoms with E-state index in [4.69, 9.17) is 0 Å². The Kier molecular flexibility index (Phi) is 2.46. The molecule has 0 bridgehead atoms. The van der Waals surface area contributed by atoms with Crippen molar-refractivity contribution in [2.75, 3.05) is 0 Å². The first kappa shape index (κ1) is 9.77. The van der Waals surface area contributed by atoms with E-state index in [2.05, 4.69) is 5.10 Å². The Morgan fingerprint density at radius 3 is 2.47 bits per heavy atom. The van der Waals surface area contributed by atoms with Crippen LogP contribution in [0.25, 0.3) is 11.3 Å². The Balaban J connectivity index is 2.41. The molecule has 0 fully saturated rings. The summed E-state index contributed by atoms with van der Waals surface area (Å²) in [5.41, 5.74) is 3.07. The van der Waals surface area contributed by atoms with Crippen LogP contribution in [0.1, 0.15) is 12.5 Å². The van der Waals surface area contributed by atoms with E-state index in [1.54, 1.807) is 10.7 Å². The molecule has 1 N–H and O–H groups in total. The second-order valence-corrected chi connectivity index (χ2v) is 3.57. The largest absolute Gasteiger partial charge is 0.493 e. The summed E-state index contributed by atoms with van der Waals surface area (Å²) in [4.78, 5) is 0. The highest BCUT2D eigenvalue weighted by atomic mass is 16.3. The molecule has 1 aromatic heterocycles. The number of hydrogen-bond donors (Lipinski definition) is 1. The molecular weight excluding hydrogens is 188 g/mol. The topological polar surface area (TPSA) is 38.0 Å². The Labute approximate surface area is 89.0 Å². The number of hydrogen-bond acceptors (Lipinski definition) is 2. The summed E-state index contributed by atoms with van der Waals surface area (Å²) in [6.45, 7) is 4.68. The SMILES string of the molecule is CCn1nc(-c2ccc(C)cc2)cc1O. The first-order valence-corrected chi connectivity index (χ1v) is 5.04. The molecule has 78 valence electrons. The van der Waals surface area contributed by atoms with Crippen LogP contribution < -0.4 is 0 Å². The molecule has 1 aromatic carbocycles. The van der Waals surface area contributed by atoms with Crippen LogP contribution in [0.15, 0.2) is 30.3 Å². The number of benzene rings is 1. The minimum absolute atomic E-state index is 0.216. The smallest absolute Gasteiger partial charge is 0.209 e. The van der Waals surface area contributed by atoms with Gasteiger partial charge in [0.05, 0.1) is 5.69 Å². The van der Waals surface area contributed by atoms with Gasteiger partial charge in [0.1, 0.15) is 0 Å². The number of aryl methyl sites for hydroxylation is 2. The number of rotatable bonds is 2. The van der Waals surface area contributed by atoms with Crippen molar-refractivity contribution in [3.63, 3.8) is 0 Å². The number of aromatic nitrogens is 2. The van der Waals surface area contributed by atoms with E-state index in [-0.39, 0.29) is 5.88 Å². The van der Waals surface area contributed by atoms with Gasteiger partial charge in [0, 0.05) is 18.2 Å². The second kappa shape index (κ2) is 3.77. The van der Waals surface area contributed by atoms with Gasteiger partial charge in [0.25, 0.3) is 0 Å². The van der Waals surface area contributed by atoms with Crippen molar-refractivity contribution in [2.24, 2.45) is 0 Å². The van der Waals surface area contributed by atoms with Crippen molar-refractivity contribution in [1.82, 2.24) is 9.78 Å². The summed E-state index contributed by atoms with van der Waals surface area (Å²) < 4.78 is 1.58. The summed E-state index contributed by atoms with van der Waals surface area (Å²) in [6, 6.07) is 9.79. The van der Waals surface area contributed by atoms with E-state index >= 15 is 0 Å². The lowest BCUT2D eigenvalue weighted by molar-refractivity contribution is 0.405. The highest BCUT2D eigenvalue weighted by Gasteiger charge is 2.06. The molecule has 3 nitrogen and oxygen atoms in total. The molecule has 0 atom stereocenters. The average molecular weight is 202 g/mol. The second-order valence-electron chi connectivity index (χ2n) is 3.57. The Bertz CT molecular complexity index is 457. The Morgan fingerprint density at radius 2 is 1.93 bits per heavy atom. The molecular formula is C12H14N2O. The van der Waals surface area contributed by atoms with E-state index in [0.717, 1.165) is 11.3 Å². The lowest BCUT2D eigenvalue weighted by Gasteiger charge is -1.97. The van der Waals surface area contributed by atoms with Crippen molar-refractivity contribution in [2.45, 2.75) is 20.4 Å². The Morgan fingerprint density at radius 1 is 1.27 bits per heavy atom. The van der Waals surface area contributed by atoms with E-state index in [9.17, 15) is 5.11 Å². The van der Waals surface area contributed by atoms with Crippen molar-refractivity contribution in [1.29, 1.82) is 0 Å². The van der Waals surface area contributed by atoms with Gasteiger partial charge in [-0.05, 0) is 13.8 Å². The maximum Gasteiger partial charge on any atom is 0.209 e. The van der Waals surface area contributed by atoms with E-state index in [0.29, 0.717) is 6.54 Å². The quantitative estimate of drug-likeness (QED) is 0.812. The van der Waals surface area contributed by atoms with Gasteiger partial charge in [-0.15, -0.1) is 0 Å². The summed E-state index contributed by atoms with van der Waals surface area (Å²) in [5.74, 6) is 0.216. The minimum atomic E-state index is 0.216. The molecule has 0 aliphatic rings. The van der Waals surface area contributed by atoms with Gasteiger partial charge >= 0.3 is 0 Å². The van der Waals surface area contributed by atoms with Crippen LogP contribution in [0, 0.1) is 6.92 Å². The third-order valence-electron chi connectivity index (χ3n) is 2.41. The fourth-order valence-electron chi connectivity index (χ4n) is 1.51. The molecule has 0 radical (unpaired) electrons. The van der Waals surface area contributed by atoms with Crippen LogP contribution in [-0.2, 0) is 6.54 Å². The van der Waals surface area contributed by atoms with Crippen molar-refractivity contribution in [3.8, 4) is 17.1 Å². The lowest BCUT2D eigenvalue weighted by atomic mass is 10.1. The Hall–Kier alpha value is -1.77. The van der Waals surface area contributed by atoms with Gasteiger partial charge in [0.2, 0.25) is 5.88 Å². The van der Waals surface area contributed by atoms with Crippen molar-refractivity contribution >= 4 is 0 Å². The molecule has 3 heteroatoms. The van der Waals surface area contributed by atoms with E-state index < -0.39 is 0 Å². The molecule has 0 unspecified atom stereocenters. The fourth-order valence-corrected chi connectivity index (χ4v) is 1.51. The zero-order valence-electron chi connectivity index (χ0n) is 8.94. The third-order valence-corrected chi connectivity index (χ3v) is 2.41. The number of nitrogens with zero attached hydrogens (tertiary/aromatic N) is 2. The van der Waals surface area contributed by atoms with Gasteiger partial charge in [-0.3, -0.25) is 0 Å². The van der Waals surface area contributed by atoms with E-state index in [1.165, 1.54) is 5.56 Å². The monoisotopic (exact) mass is 202 g/mol. The molecule has 1 heterocycles. The van der Waals surface area contributed by atoms with Gasteiger partial charge < -0.3 is 5.11 Å². The maximum absolute atomic E-state index is 9.55. The zero-order chi connectivity index (χ0) is 10.8. The van der Waals surface area contributed by atoms with Gasteiger partial charge in [-0.1, -0.05) is 29.8 Å². The predicted octanol–water partition coefficient (Wildman–Crippen LogP) is 2.58. The maximum atomic E-state index is 9.55. The third kappa shape index (κ3) is 1.86. The first-order valence-electron chi connectivity index (χ1n) is 5.04.